The quantitative estimate of drug-likeness (QED) is 0.329. The number of ether oxygens (including phenoxy) is 1. The lowest BCUT2D eigenvalue weighted by Crippen LogP contribution is -2.58. The fourth-order valence-electron chi connectivity index (χ4n) is 3.11. The minimum atomic E-state index is -2.00. The van der Waals surface area contributed by atoms with E-state index in [0.717, 1.165) is 6.42 Å². The maximum Gasteiger partial charge on any atom is 0.192 e. The Morgan fingerprint density at radius 1 is 1.03 bits per heavy atom. The SMILES string of the molecule is C=C[C@H](C)[C@@H]1O[C@H](CC#N)[C@H](O[Si](C)(C)C(C)(C)C)C[C@@H]1O[Si](C)(C)C(C)(C)C. The first-order valence-electron chi connectivity index (χ1n) is 11.0. The molecule has 0 aromatic rings. The average molecular weight is 440 g/mol. The lowest BCUT2D eigenvalue weighted by atomic mass is 9.90. The van der Waals surface area contributed by atoms with Crippen LogP contribution in [0.4, 0.5) is 0 Å². The largest absolute Gasteiger partial charge is 0.411 e. The van der Waals surface area contributed by atoms with Gasteiger partial charge in [0, 0.05) is 12.3 Å². The molecule has 29 heavy (non-hydrogen) atoms. The van der Waals surface area contributed by atoms with Crippen LogP contribution in [0.3, 0.4) is 0 Å². The van der Waals surface area contributed by atoms with E-state index in [1.165, 1.54) is 0 Å². The van der Waals surface area contributed by atoms with Crippen LogP contribution >= 0.6 is 0 Å². The van der Waals surface area contributed by atoms with Crippen LogP contribution in [0.25, 0.3) is 0 Å². The molecule has 0 spiro atoms. The highest BCUT2D eigenvalue weighted by molar-refractivity contribution is 6.74. The van der Waals surface area contributed by atoms with Crippen LogP contribution < -0.4 is 0 Å². The highest BCUT2D eigenvalue weighted by Gasteiger charge is 2.49. The Balaban J connectivity index is 3.24. The summed E-state index contributed by atoms with van der Waals surface area (Å²) in [5.41, 5.74) is 0. The summed E-state index contributed by atoms with van der Waals surface area (Å²) in [6.45, 7) is 28.7. The molecule has 1 aliphatic rings. The summed E-state index contributed by atoms with van der Waals surface area (Å²) < 4.78 is 20.1. The van der Waals surface area contributed by atoms with Gasteiger partial charge in [0.15, 0.2) is 16.6 Å². The summed E-state index contributed by atoms with van der Waals surface area (Å²) in [5, 5.41) is 9.64. The van der Waals surface area contributed by atoms with Crippen LogP contribution in [0, 0.1) is 17.2 Å². The smallest absolute Gasteiger partial charge is 0.192 e. The van der Waals surface area contributed by atoms with E-state index < -0.39 is 16.6 Å². The topological polar surface area (TPSA) is 51.5 Å². The molecule has 0 aromatic carbocycles. The van der Waals surface area contributed by atoms with Crippen molar-refractivity contribution in [3.63, 3.8) is 0 Å². The van der Waals surface area contributed by atoms with Gasteiger partial charge in [0.1, 0.15) is 0 Å². The third-order valence-electron chi connectivity index (χ3n) is 7.26. The Morgan fingerprint density at radius 3 is 1.86 bits per heavy atom. The van der Waals surface area contributed by atoms with Crippen molar-refractivity contribution in [3.05, 3.63) is 12.7 Å². The zero-order valence-electron chi connectivity index (χ0n) is 20.8. The van der Waals surface area contributed by atoms with E-state index in [1.807, 2.05) is 6.08 Å². The Hall–Kier alpha value is -0.456. The number of rotatable bonds is 7. The minimum absolute atomic E-state index is 0.0476. The van der Waals surface area contributed by atoms with Gasteiger partial charge in [-0.25, -0.2) is 0 Å². The molecule has 0 aliphatic carbocycles. The van der Waals surface area contributed by atoms with Crippen LogP contribution in [0.15, 0.2) is 12.7 Å². The van der Waals surface area contributed by atoms with E-state index in [4.69, 9.17) is 13.6 Å². The zero-order chi connectivity index (χ0) is 22.8. The predicted octanol–water partition coefficient (Wildman–Crippen LogP) is 6.66. The summed E-state index contributed by atoms with van der Waals surface area (Å²) >= 11 is 0. The molecule has 5 atom stereocenters. The monoisotopic (exact) mass is 439 g/mol. The van der Waals surface area contributed by atoms with Gasteiger partial charge in [0.2, 0.25) is 0 Å². The molecule has 1 saturated heterocycles. The minimum Gasteiger partial charge on any atom is -0.411 e. The van der Waals surface area contributed by atoms with Crippen molar-refractivity contribution in [1.82, 2.24) is 0 Å². The summed E-state index contributed by atoms with van der Waals surface area (Å²) in [7, 11) is -3.98. The van der Waals surface area contributed by atoms with Crippen molar-refractivity contribution in [2.45, 2.75) is 122 Å². The van der Waals surface area contributed by atoms with Crippen molar-refractivity contribution >= 4 is 16.6 Å². The van der Waals surface area contributed by atoms with Crippen LogP contribution in [0.5, 0.6) is 0 Å². The molecule has 6 heteroatoms. The highest BCUT2D eigenvalue weighted by atomic mass is 28.4. The molecular weight excluding hydrogens is 394 g/mol. The van der Waals surface area contributed by atoms with Crippen LogP contribution in [0.1, 0.15) is 61.3 Å². The number of nitriles is 1. The molecule has 168 valence electrons. The van der Waals surface area contributed by atoms with Crippen molar-refractivity contribution < 1.29 is 13.6 Å². The molecule has 1 aliphatic heterocycles. The van der Waals surface area contributed by atoms with E-state index in [-0.39, 0.29) is 40.4 Å². The van der Waals surface area contributed by atoms with Crippen LogP contribution in [-0.4, -0.2) is 41.1 Å². The molecule has 0 unspecified atom stereocenters. The normalized spacial score (nSPS) is 27.9. The van der Waals surface area contributed by atoms with Crippen molar-refractivity contribution in [2.24, 2.45) is 5.92 Å². The number of nitrogens with zero attached hydrogens (tertiary/aromatic N) is 1. The molecule has 1 heterocycles. The number of hydrogen-bond acceptors (Lipinski definition) is 4. The Kier molecular flexibility index (Phi) is 8.57. The maximum absolute atomic E-state index is 9.42. The van der Waals surface area contributed by atoms with E-state index in [9.17, 15) is 5.26 Å². The Bertz CT molecular complexity index is 599. The highest BCUT2D eigenvalue weighted by Crippen LogP contribution is 2.43. The Morgan fingerprint density at radius 2 is 1.48 bits per heavy atom. The molecular formula is C23H45NO3Si2. The van der Waals surface area contributed by atoms with Crippen molar-refractivity contribution in [3.8, 4) is 6.07 Å². The summed E-state index contributed by atoms with van der Waals surface area (Å²) in [4.78, 5) is 0. The van der Waals surface area contributed by atoms with E-state index in [1.54, 1.807) is 0 Å². The third-order valence-corrected chi connectivity index (χ3v) is 16.3. The van der Waals surface area contributed by atoms with Gasteiger partial charge in [-0.15, -0.1) is 6.58 Å². The van der Waals surface area contributed by atoms with Gasteiger partial charge >= 0.3 is 0 Å². The van der Waals surface area contributed by atoms with Gasteiger partial charge in [0.05, 0.1) is 36.9 Å². The Labute approximate surface area is 182 Å². The molecule has 0 aromatic heterocycles. The first-order chi connectivity index (χ1) is 13.0. The lowest BCUT2D eigenvalue weighted by molar-refractivity contribution is -0.168. The van der Waals surface area contributed by atoms with Gasteiger partial charge in [-0.3, -0.25) is 0 Å². The van der Waals surface area contributed by atoms with E-state index in [2.05, 4.69) is 87.3 Å². The molecule has 0 N–H and O–H groups in total. The van der Waals surface area contributed by atoms with Crippen LogP contribution in [-0.2, 0) is 13.6 Å². The first kappa shape index (κ1) is 26.6. The fourth-order valence-corrected chi connectivity index (χ4v) is 5.81. The van der Waals surface area contributed by atoms with E-state index >= 15 is 0 Å². The molecule has 0 saturated carbocycles. The van der Waals surface area contributed by atoms with Gasteiger partial charge < -0.3 is 13.6 Å². The lowest BCUT2D eigenvalue weighted by Gasteiger charge is -2.50. The van der Waals surface area contributed by atoms with Crippen molar-refractivity contribution in [2.75, 3.05) is 0 Å². The predicted molar refractivity (Wildman–Crippen MR) is 127 cm³/mol. The van der Waals surface area contributed by atoms with Gasteiger partial charge in [-0.1, -0.05) is 54.5 Å². The molecule has 0 bridgehead atoms. The van der Waals surface area contributed by atoms with Gasteiger partial charge in [-0.2, -0.15) is 5.26 Å². The molecule has 1 rings (SSSR count). The van der Waals surface area contributed by atoms with Gasteiger partial charge in [0.25, 0.3) is 0 Å². The average Bonchev–Trinajstić information content (AvgIpc) is 2.53. The van der Waals surface area contributed by atoms with E-state index in [0.29, 0.717) is 6.42 Å². The summed E-state index contributed by atoms with van der Waals surface area (Å²) in [5.74, 6) is 0.153. The third kappa shape index (κ3) is 6.51. The standard InChI is InChI=1S/C23H45NO3Si2/c1-13-17(2)21-20(27-29(11,12)23(6,7)8)16-19(18(25-21)14-15-24)26-28(9,10)22(3,4)5/h13,17-21H,1,14,16H2,2-12H3/t17-,18+,19+,20-,21-/m0/s1. The second-order valence-corrected chi connectivity index (χ2v) is 21.2. The molecule has 1 fully saturated rings. The van der Waals surface area contributed by atoms with Crippen molar-refractivity contribution in [1.29, 1.82) is 5.26 Å². The van der Waals surface area contributed by atoms with Crippen LogP contribution in [0.2, 0.25) is 36.3 Å². The molecule has 0 amide bonds. The molecule has 4 nitrogen and oxygen atoms in total. The zero-order valence-corrected chi connectivity index (χ0v) is 22.8. The summed E-state index contributed by atoms with van der Waals surface area (Å²) in [6.07, 6.45) is 2.57. The molecule has 0 radical (unpaired) electrons. The number of hydrogen-bond donors (Lipinski definition) is 0. The second kappa shape index (κ2) is 9.36. The van der Waals surface area contributed by atoms with Gasteiger partial charge in [-0.05, 0) is 36.3 Å². The fraction of sp³-hybridized carbons (Fsp3) is 0.870. The first-order valence-corrected chi connectivity index (χ1v) is 16.8. The summed E-state index contributed by atoms with van der Waals surface area (Å²) in [6, 6.07) is 2.31. The second-order valence-electron chi connectivity index (χ2n) is 11.7. The maximum atomic E-state index is 9.42.